The summed E-state index contributed by atoms with van der Waals surface area (Å²) in [5.74, 6) is 0. The predicted octanol–water partition coefficient (Wildman–Crippen LogP) is 2.88. The van der Waals surface area contributed by atoms with E-state index >= 15 is 0 Å². The van der Waals surface area contributed by atoms with Crippen molar-refractivity contribution in [3.63, 3.8) is 0 Å². The summed E-state index contributed by atoms with van der Waals surface area (Å²) < 4.78 is 0. The van der Waals surface area contributed by atoms with E-state index in [2.05, 4.69) is 54.1 Å². The third kappa shape index (κ3) is 3.32. The molecule has 1 aromatic heterocycles. The van der Waals surface area contributed by atoms with Gasteiger partial charge in [-0.2, -0.15) is 0 Å². The van der Waals surface area contributed by atoms with Crippen LogP contribution in [0, 0.1) is 6.92 Å². The normalized spacial score (nSPS) is 10.5. The van der Waals surface area contributed by atoms with Gasteiger partial charge in [-0.15, -0.1) is 0 Å². The lowest BCUT2D eigenvalue weighted by Crippen LogP contribution is -2.23. The Morgan fingerprint density at radius 3 is 2.47 bits per heavy atom. The van der Waals surface area contributed by atoms with Crippen LogP contribution in [0.25, 0.3) is 0 Å². The molecule has 0 bridgehead atoms. The summed E-state index contributed by atoms with van der Waals surface area (Å²) in [6.07, 6.45) is 1.85. The number of hydrogen-bond acceptors (Lipinski definition) is 3. The molecule has 1 aromatic carbocycles. The number of rotatable bonds is 5. The van der Waals surface area contributed by atoms with E-state index in [1.165, 1.54) is 11.3 Å². The minimum Gasteiger partial charge on any atom is -0.366 e. The maximum atomic E-state index is 5.63. The van der Waals surface area contributed by atoms with Gasteiger partial charge >= 0.3 is 0 Å². The highest BCUT2D eigenvalue weighted by molar-refractivity contribution is 5.48. The summed E-state index contributed by atoms with van der Waals surface area (Å²) in [7, 11) is 0. The van der Waals surface area contributed by atoms with Gasteiger partial charge in [0.15, 0.2) is 0 Å². The van der Waals surface area contributed by atoms with Crippen molar-refractivity contribution in [1.29, 1.82) is 0 Å². The molecule has 2 aromatic rings. The summed E-state index contributed by atoms with van der Waals surface area (Å²) in [6.45, 7) is 6.65. The molecular weight excluding hydrogens is 234 g/mol. The topological polar surface area (TPSA) is 42.2 Å². The molecule has 0 unspecified atom stereocenters. The van der Waals surface area contributed by atoms with Gasteiger partial charge in [-0.25, -0.2) is 0 Å². The molecule has 0 saturated carbocycles. The molecule has 19 heavy (non-hydrogen) atoms. The van der Waals surface area contributed by atoms with Crippen molar-refractivity contribution in [2.75, 3.05) is 11.4 Å². The second-order valence-electron chi connectivity index (χ2n) is 4.65. The Hall–Kier alpha value is -1.87. The van der Waals surface area contributed by atoms with Crippen LogP contribution < -0.4 is 10.6 Å². The highest BCUT2D eigenvalue weighted by Gasteiger charge is 2.07. The molecule has 0 atom stereocenters. The molecule has 0 aliphatic rings. The van der Waals surface area contributed by atoms with Crippen molar-refractivity contribution in [2.24, 2.45) is 5.73 Å². The first kappa shape index (κ1) is 13.6. The highest BCUT2D eigenvalue weighted by Crippen LogP contribution is 2.18. The molecule has 0 spiro atoms. The summed E-state index contributed by atoms with van der Waals surface area (Å²) in [4.78, 5) is 6.78. The third-order valence-electron chi connectivity index (χ3n) is 3.38. The van der Waals surface area contributed by atoms with Crippen molar-refractivity contribution in [2.45, 2.75) is 26.9 Å². The van der Waals surface area contributed by atoms with E-state index < -0.39 is 0 Å². The van der Waals surface area contributed by atoms with Crippen molar-refractivity contribution >= 4 is 5.69 Å². The molecular formula is C16H21N3. The fraction of sp³-hybridized carbons (Fsp3) is 0.312. The van der Waals surface area contributed by atoms with Gasteiger partial charge in [0.25, 0.3) is 0 Å². The maximum absolute atomic E-state index is 5.63. The number of aryl methyl sites for hydroxylation is 1. The number of nitrogens with zero attached hydrogens (tertiary/aromatic N) is 2. The Balaban J connectivity index is 2.17. The van der Waals surface area contributed by atoms with Crippen LogP contribution >= 0.6 is 0 Å². The Morgan fingerprint density at radius 2 is 1.89 bits per heavy atom. The van der Waals surface area contributed by atoms with Crippen LogP contribution in [-0.2, 0) is 13.1 Å². The smallest absolute Gasteiger partial charge is 0.0626 e. The molecule has 100 valence electrons. The monoisotopic (exact) mass is 255 g/mol. The van der Waals surface area contributed by atoms with Gasteiger partial charge in [0.2, 0.25) is 0 Å². The maximum Gasteiger partial charge on any atom is 0.0626 e. The zero-order valence-electron chi connectivity index (χ0n) is 11.6. The van der Waals surface area contributed by atoms with Crippen LogP contribution in [0.15, 0.2) is 42.6 Å². The number of nitrogens with two attached hydrogens (primary N) is 1. The minimum absolute atomic E-state index is 0.589. The van der Waals surface area contributed by atoms with Crippen LogP contribution in [0.1, 0.15) is 23.7 Å². The second kappa shape index (κ2) is 6.34. The summed E-state index contributed by atoms with van der Waals surface area (Å²) in [6, 6.07) is 12.5. The molecule has 3 heteroatoms. The predicted molar refractivity (Wildman–Crippen MR) is 80.0 cm³/mol. The second-order valence-corrected chi connectivity index (χ2v) is 4.65. The van der Waals surface area contributed by atoms with Crippen molar-refractivity contribution in [1.82, 2.24) is 4.98 Å². The first-order chi connectivity index (χ1) is 9.24. The van der Waals surface area contributed by atoms with E-state index in [4.69, 9.17) is 5.73 Å². The van der Waals surface area contributed by atoms with Gasteiger partial charge in [-0.1, -0.05) is 18.2 Å². The van der Waals surface area contributed by atoms with Gasteiger partial charge < -0.3 is 10.6 Å². The van der Waals surface area contributed by atoms with Gasteiger partial charge in [-0.05, 0) is 43.2 Å². The molecule has 0 fully saturated rings. The van der Waals surface area contributed by atoms with Crippen LogP contribution in [0.5, 0.6) is 0 Å². The SMILES string of the molecule is CCN(Cc1ncccc1C)c1ccc(CN)cc1. The molecule has 0 radical (unpaired) electrons. The summed E-state index contributed by atoms with van der Waals surface area (Å²) in [5, 5.41) is 0. The zero-order valence-corrected chi connectivity index (χ0v) is 11.6. The fourth-order valence-corrected chi connectivity index (χ4v) is 2.09. The number of aromatic nitrogens is 1. The van der Waals surface area contributed by atoms with E-state index in [0.717, 1.165) is 24.3 Å². The van der Waals surface area contributed by atoms with E-state index in [-0.39, 0.29) is 0 Å². The lowest BCUT2D eigenvalue weighted by atomic mass is 10.1. The number of anilines is 1. The van der Waals surface area contributed by atoms with Crippen molar-refractivity contribution < 1.29 is 0 Å². The first-order valence-electron chi connectivity index (χ1n) is 6.69. The Bertz CT molecular complexity index is 520. The Labute approximate surface area is 115 Å². The average molecular weight is 255 g/mol. The van der Waals surface area contributed by atoms with Gasteiger partial charge in [0.1, 0.15) is 0 Å². The van der Waals surface area contributed by atoms with Crippen molar-refractivity contribution in [3.8, 4) is 0 Å². The molecule has 0 amide bonds. The van der Waals surface area contributed by atoms with Crippen LogP contribution in [-0.4, -0.2) is 11.5 Å². The van der Waals surface area contributed by atoms with E-state index in [0.29, 0.717) is 6.54 Å². The quantitative estimate of drug-likeness (QED) is 0.893. The molecule has 2 N–H and O–H groups in total. The third-order valence-corrected chi connectivity index (χ3v) is 3.38. The van der Waals surface area contributed by atoms with E-state index in [1.54, 1.807) is 0 Å². The molecule has 0 aliphatic heterocycles. The van der Waals surface area contributed by atoms with Crippen LogP contribution in [0.2, 0.25) is 0 Å². The lowest BCUT2D eigenvalue weighted by Gasteiger charge is -2.23. The first-order valence-corrected chi connectivity index (χ1v) is 6.69. The lowest BCUT2D eigenvalue weighted by molar-refractivity contribution is 0.803. The average Bonchev–Trinajstić information content (AvgIpc) is 2.47. The fourth-order valence-electron chi connectivity index (χ4n) is 2.09. The van der Waals surface area contributed by atoms with Gasteiger partial charge in [-0.3, -0.25) is 4.98 Å². The van der Waals surface area contributed by atoms with E-state index in [1.807, 2.05) is 12.3 Å². The zero-order chi connectivity index (χ0) is 13.7. The van der Waals surface area contributed by atoms with Crippen molar-refractivity contribution in [3.05, 3.63) is 59.4 Å². The number of benzene rings is 1. The van der Waals surface area contributed by atoms with E-state index in [9.17, 15) is 0 Å². The minimum atomic E-state index is 0.589. The Kier molecular flexibility index (Phi) is 4.53. The summed E-state index contributed by atoms with van der Waals surface area (Å²) >= 11 is 0. The molecule has 1 heterocycles. The standard InChI is InChI=1S/C16H21N3/c1-3-19(12-16-13(2)5-4-10-18-16)15-8-6-14(11-17)7-9-15/h4-10H,3,11-12,17H2,1-2H3. The molecule has 0 aliphatic carbocycles. The molecule has 0 saturated heterocycles. The largest absolute Gasteiger partial charge is 0.366 e. The summed E-state index contributed by atoms with van der Waals surface area (Å²) in [5.41, 5.74) is 10.4. The van der Waals surface area contributed by atoms with Gasteiger partial charge in [0, 0.05) is 25.0 Å². The van der Waals surface area contributed by atoms with Crippen LogP contribution in [0.3, 0.4) is 0 Å². The molecule has 2 rings (SSSR count). The van der Waals surface area contributed by atoms with Crippen LogP contribution in [0.4, 0.5) is 5.69 Å². The number of pyridine rings is 1. The number of hydrogen-bond donors (Lipinski definition) is 1. The molecule has 3 nitrogen and oxygen atoms in total. The van der Waals surface area contributed by atoms with Gasteiger partial charge in [0.05, 0.1) is 12.2 Å². The highest BCUT2D eigenvalue weighted by atomic mass is 15.1. The Morgan fingerprint density at radius 1 is 1.16 bits per heavy atom.